The van der Waals surface area contributed by atoms with Gasteiger partial charge in [-0.2, -0.15) is 0 Å². The Balaban J connectivity index is 1.51. The summed E-state index contributed by atoms with van der Waals surface area (Å²) < 4.78 is 0. The fourth-order valence-electron chi connectivity index (χ4n) is 3.90. The highest BCUT2D eigenvalue weighted by atomic mass is 16.2. The number of amides is 2. The Kier molecular flexibility index (Phi) is 5.43. The summed E-state index contributed by atoms with van der Waals surface area (Å²) in [4.78, 5) is 27.9. The van der Waals surface area contributed by atoms with Crippen molar-refractivity contribution in [3.63, 3.8) is 0 Å². The lowest BCUT2D eigenvalue weighted by molar-refractivity contribution is -0.122. The number of rotatable bonds is 5. The van der Waals surface area contributed by atoms with Crippen LogP contribution in [-0.2, 0) is 17.6 Å². The molecule has 4 heteroatoms. The maximum atomic E-state index is 13.2. The van der Waals surface area contributed by atoms with Crippen LogP contribution in [0.2, 0.25) is 0 Å². The first-order chi connectivity index (χ1) is 14.1. The van der Waals surface area contributed by atoms with Gasteiger partial charge in [0.25, 0.3) is 5.91 Å². The number of nitrogens with zero attached hydrogens (tertiary/aromatic N) is 1. The number of nitrogens with one attached hydrogen (secondary N) is 1. The van der Waals surface area contributed by atoms with E-state index in [2.05, 4.69) is 24.4 Å². The fraction of sp³-hybridized carbons (Fsp3) is 0.200. The molecule has 2 amide bonds. The quantitative estimate of drug-likeness (QED) is 0.725. The van der Waals surface area contributed by atoms with Gasteiger partial charge in [0.2, 0.25) is 5.91 Å². The zero-order chi connectivity index (χ0) is 20.2. The molecule has 3 aromatic carbocycles. The zero-order valence-corrected chi connectivity index (χ0v) is 16.5. The van der Waals surface area contributed by atoms with E-state index < -0.39 is 6.04 Å². The second-order valence-electron chi connectivity index (χ2n) is 7.36. The largest absolute Gasteiger partial charge is 0.354 e. The van der Waals surface area contributed by atoms with Crippen molar-refractivity contribution in [3.05, 3.63) is 101 Å². The van der Waals surface area contributed by atoms with Crippen LogP contribution in [0, 0.1) is 6.92 Å². The van der Waals surface area contributed by atoms with E-state index >= 15 is 0 Å². The summed E-state index contributed by atoms with van der Waals surface area (Å²) >= 11 is 0. The molecule has 146 valence electrons. The molecule has 0 saturated heterocycles. The van der Waals surface area contributed by atoms with Crippen molar-refractivity contribution < 1.29 is 9.59 Å². The normalized spacial score (nSPS) is 15.1. The topological polar surface area (TPSA) is 49.4 Å². The van der Waals surface area contributed by atoms with Crippen LogP contribution in [-0.4, -0.2) is 24.4 Å². The summed E-state index contributed by atoms with van der Waals surface area (Å²) in [6, 6.07) is 24.5. The van der Waals surface area contributed by atoms with Gasteiger partial charge in [0.05, 0.1) is 0 Å². The van der Waals surface area contributed by atoms with Crippen molar-refractivity contribution in [2.24, 2.45) is 0 Å². The van der Waals surface area contributed by atoms with E-state index in [0.717, 1.165) is 17.7 Å². The van der Waals surface area contributed by atoms with Gasteiger partial charge in [0.1, 0.15) is 6.04 Å². The highest BCUT2D eigenvalue weighted by molar-refractivity contribution is 6.11. The lowest BCUT2D eigenvalue weighted by atomic mass is 10.1. The second-order valence-corrected chi connectivity index (χ2v) is 7.36. The average molecular weight is 384 g/mol. The molecule has 0 bridgehead atoms. The summed E-state index contributed by atoms with van der Waals surface area (Å²) in [5.74, 6) is -0.256. The summed E-state index contributed by atoms with van der Waals surface area (Å²) in [6.45, 7) is 2.62. The van der Waals surface area contributed by atoms with Crippen LogP contribution < -0.4 is 10.2 Å². The van der Waals surface area contributed by atoms with E-state index in [1.54, 1.807) is 17.0 Å². The standard InChI is InChI=1S/C25H24N2O2/c1-18-9-5-6-10-19(18)15-16-26-24(28)23-17-21-13-7-8-14-22(21)27(23)25(29)20-11-3-2-4-12-20/h2-14,23H,15-17H2,1H3,(H,26,28). The van der Waals surface area contributed by atoms with Crippen molar-refractivity contribution >= 4 is 17.5 Å². The first-order valence-electron chi connectivity index (χ1n) is 9.94. The lowest BCUT2D eigenvalue weighted by Gasteiger charge is -2.25. The molecule has 1 heterocycles. The van der Waals surface area contributed by atoms with Gasteiger partial charge in [-0.1, -0.05) is 60.7 Å². The highest BCUT2D eigenvalue weighted by Crippen LogP contribution is 2.33. The van der Waals surface area contributed by atoms with Crippen LogP contribution in [0.3, 0.4) is 0 Å². The van der Waals surface area contributed by atoms with Gasteiger partial charge < -0.3 is 5.32 Å². The molecule has 4 rings (SSSR count). The number of hydrogen-bond donors (Lipinski definition) is 1. The van der Waals surface area contributed by atoms with Crippen molar-refractivity contribution in [3.8, 4) is 0 Å². The maximum absolute atomic E-state index is 13.2. The van der Waals surface area contributed by atoms with Crippen LogP contribution >= 0.6 is 0 Å². The highest BCUT2D eigenvalue weighted by Gasteiger charge is 2.38. The van der Waals surface area contributed by atoms with E-state index in [0.29, 0.717) is 18.5 Å². The predicted octanol–water partition coefficient (Wildman–Crippen LogP) is 3.93. The van der Waals surface area contributed by atoms with Crippen molar-refractivity contribution in [2.75, 3.05) is 11.4 Å². The van der Waals surface area contributed by atoms with E-state index in [-0.39, 0.29) is 11.8 Å². The van der Waals surface area contributed by atoms with Crippen molar-refractivity contribution in [1.82, 2.24) is 5.32 Å². The molecule has 4 nitrogen and oxygen atoms in total. The molecular formula is C25H24N2O2. The van der Waals surface area contributed by atoms with Gasteiger partial charge in [0, 0.05) is 24.2 Å². The molecular weight excluding hydrogens is 360 g/mol. The summed E-state index contributed by atoms with van der Waals surface area (Å²) in [7, 11) is 0. The number of carbonyl (C=O) groups is 2. The molecule has 1 unspecified atom stereocenters. The van der Waals surface area contributed by atoms with Gasteiger partial charge in [-0.15, -0.1) is 0 Å². The lowest BCUT2D eigenvalue weighted by Crippen LogP contribution is -2.48. The Morgan fingerprint density at radius 2 is 1.62 bits per heavy atom. The fourth-order valence-corrected chi connectivity index (χ4v) is 3.90. The third kappa shape index (κ3) is 3.92. The average Bonchev–Trinajstić information content (AvgIpc) is 3.15. The van der Waals surface area contributed by atoms with Gasteiger partial charge >= 0.3 is 0 Å². The second kappa shape index (κ2) is 8.31. The first-order valence-corrected chi connectivity index (χ1v) is 9.94. The third-order valence-corrected chi connectivity index (χ3v) is 5.47. The van der Waals surface area contributed by atoms with Crippen LogP contribution in [0.1, 0.15) is 27.0 Å². The molecule has 0 aromatic heterocycles. The molecule has 0 fully saturated rings. The van der Waals surface area contributed by atoms with Crippen molar-refractivity contribution in [1.29, 1.82) is 0 Å². The Bertz CT molecular complexity index is 1030. The monoisotopic (exact) mass is 384 g/mol. The molecule has 0 radical (unpaired) electrons. The number of carbonyl (C=O) groups excluding carboxylic acids is 2. The number of hydrogen-bond acceptors (Lipinski definition) is 2. The van der Waals surface area contributed by atoms with Crippen LogP contribution in [0.15, 0.2) is 78.9 Å². The molecule has 1 aliphatic rings. The van der Waals surface area contributed by atoms with Crippen LogP contribution in [0.25, 0.3) is 0 Å². The molecule has 3 aromatic rings. The number of fused-ring (bicyclic) bond motifs is 1. The number of para-hydroxylation sites is 1. The summed E-state index contributed by atoms with van der Waals surface area (Å²) in [5.41, 5.74) is 4.87. The van der Waals surface area contributed by atoms with Gasteiger partial charge in [-0.25, -0.2) is 0 Å². The van der Waals surface area contributed by atoms with Gasteiger partial charge in [-0.3, -0.25) is 14.5 Å². The molecule has 0 spiro atoms. The molecule has 0 aliphatic carbocycles. The Morgan fingerprint density at radius 1 is 0.931 bits per heavy atom. The Labute approximate surface area is 171 Å². The molecule has 1 aliphatic heterocycles. The van der Waals surface area contributed by atoms with Crippen molar-refractivity contribution in [2.45, 2.75) is 25.8 Å². The maximum Gasteiger partial charge on any atom is 0.259 e. The van der Waals surface area contributed by atoms with E-state index in [4.69, 9.17) is 0 Å². The molecule has 1 N–H and O–H groups in total. The molecule has 0 saturated carbocycles. The minimum absolute atomic E-state index is 0.112. The Morgan fingerprint density at radius 3 is 2.41 bits per heavy atom. The Hall–Kier alpha value is -3.40. The SMILES string of the molecule is Cc1ccccc1CCNC(=O)C1Cc2ccccc2N1C(=O)c1ccccc1. The van der Waals surface area contributed by atoms with Gasteiger partial charge in [0.15, 0.2) is 0 Å². The summed E-state index contributed by atoms with van der Waals surface area (Å²) in [6.07, 6.45) is 1.30. The van der Waals surface area contributed by atoms with E-state index in [1.807, 2.05) is 54.6 Å². The first kappa shape index (κ1) is 18.9. The van der Waals surface area contributed by atoms with Crippen LogP contribution in [0.5, 0.6) is 0 Å². The number of anilines is 1. The van der Waals surface area contributed by atoms with E-state index in [9.17, 15) is 9.59 Å². The zero-order valence-electron chi connectivity index (χ0n) is 16.5. The smallest absolute Gasteiger partial charge is 0.259 e. The predicted molar refractivity (Wildman–Crippen MR) is 115 cm³/mol. The van der Waals surface area contributed by atoms with E-state index in [1.165, 1.54) is 11.1 Å². The molecule has 29 heavy (non-hydrogen) atoms. The number of benzene rings is 3. The van der Waals surface area contributed by atoms with Gasteiger partial charge in [-0.05, 0) is 48.2 Å². The minimum atomic E-state index is -0.531. The minimum Gasteiger partial charge on any atom is -0.354 e. The summed E-state index contributed by atoms with van der Waals surface area (Å²) in [5, 5.41) is 3.04. The number of aryl methyl sites for hydroxylation is 1. The molecule has 1 atom stereocenters. The third-order valence-electron chi connectivity index (χ3n) is 5.47. The van der Waals surface area contributed by atoms with Crippen LogP contribution in [0.4, 0.5) is 5.69 Å².